The zero-order valence-electron chi connectivity index (χ0n) is 17.0. The van der Waals surface area contributed by atoms with Gasteiger partial charge in [-0.15, -0.1) is 0 Å². The minimum atomic E-state index is -3.45. The Kier molecular flexibility index (Phi) is 8.28. The molecule has 0 spiro atoms. The Balaban J connectivity index is 2.58. The van der Waals surface area contributed by atoms with Crippen LogP contribution in [0.25, 0.3) is 0 Å². The summed E-state index contributed by atoms with van der Waals surface area (Å²) in [7, 11) is -3.45. The van der Waals surface area contributed by atoms with Crippen LogP contribution in [0, 0.1) is 0 Å². The van der Waals surface area contributed by atoms with Crippen LogP contribution in [-0.2, 0) is 20.0 Å². The van der Waals surface area contributed by atoms with Gasteiger partial charge in [-0.3, -0.25) is 9.69 Å². The average Bonchev–Trinajstić information content (AvgIpc) is 2.58. The number of carbonyl (C=O) groups is 1. The summed E-state index contributed by atoms with van der Waals surface area (Å²) < 4.78 is 24.9. The van der Waals surface area contributed by atoms with Gasteiger partial charge in [0.05, 0.1) is 10.6 Å². The molecule has 0 aromatic heterocycles. The van der Waals surface area contributed by atoms with Crippen molar-refractivity contribution in [3.8, 4) is 0 Å². The predicted octanol–water partition coefficient (Wildman–Crippen LogP) is 2.99. The maximum Gasteiger partial charge on any atom is 0.221 e. The topological polar surface area (TPSA) is 66.5 Å². The predicted molar refractivity (Wildman–Crippen MR) is 107 cm³/mol. The molecule has 0 saturated heterocycles. The molecule has 148 valence electrons. The second-order valence-electron chi connectivity index (χ2n) is 7.72. The van der Waals surface area contributed by atoms with Crippen LogP contribution in [0.5, 0.6) is 0 Å². The van der Waals surface area contributed by atoms with Crippen LogP contribution >= 0.6 is 0 Å². The third-order valence-corrected chi connectivity index (χ3v) is 6.44. The lowest BCUT2D eigenvalue weighted by atomic mass is 9.87. The fourth-order valence-corrected chi connectivity index (χ4v) is 4.07. The number of sulfone groups is 1. The molecule has 1 rings (SSSR count). The summed E-state index contributed by atoms with van der Waals surface area (Å²) in [6, 6.07) is 7.19. The van der Waals surface area contributed by atoms with E-state index < -0.39 is 9.84 Å². The van der Waals surface area contributed by atoms with E-state index in [1.165, 1.54) is 0 Å². The Morgan fingerprint density at radius 2 is 1.65 bits per heavy atom. The highest BCUT2D eigenvalue weighted by Gasteiger charge is 2.19. The van der Waals surface area contributed by atoms with Gasteiger partial charge in [0, 0.05) is 19.0 Å². The Bertz CT molecular complexity index is 672. The second-order valence-corrected chi connectivity index (χ2v) is 9.83. The number of likely N-dealkylation sites (N-methyl/N-ethyl adjacent to an activating group) is 1. The molecule has 0 radical (unpaired) electrons. The summed E-state index contributed by atoms with van der Waals surface area (Å²) >= 11 is 0. The molecule has 5 nitrogen and oxygen atoms in total. The normalized spacial score (nSPS) is 13.7. The van der Waals surface area contributed by atoms with Gasteiger partial charge in [-0.25, -0.2) is 8.42 Å². The molecule has 1 atom stereocenters. The standard InChI is InChI=1S/C20H34N2O3S/c1-7-22(8-2)16(3)15-21-19(23)13-14-26(24,25)18-11-9-17(10-12-18)20(4,5)6/h9-12,16H,7-8,13-15H2,1-6H3,(H,21,23). The highest BCUT2D eigenvalue weighted by molar-refractivity contribution is 7.91. The third-order valence-electron chi connectivity index (χ3n) is 4.71. The molecule has 1 N–H and O–H groups in total. The van der Waals surface area contributed by atoms with Crippen LogP contribution in [0.1, 0.15) is 53.5 Å². The fourth-order valence-electron chi connectivity index (χ4n) is 2.83. The Morgan fingerprint density at radius 3 is 2.12 bits per heavy atom. The molecule has 1 unspecified atom stereocenters. The van der Waals surface area contributed by atoms with E-state index in [4.69, 9.17) is 0 Å². The van der Waals surface area contributed by atoms with E-state index in [0.29, 0.717) is 6.54 Å². The Hall–Kier alpha value is -1.40. The van der Waals surface area contributed by atoms with Crippen LogP contribution < -0.4 is 5.32 Å². The van der Waals surface area contributed by atoms with Gasteiger partial charge in [-0.1, -0.05) is 46.8 Å². The van der Waals surface area contributed by atoms with Gasteiger partial charge in [-0.05, 0) is 43.1 Å². The number of carbonyl (C=O) groups excluding carboxylic acids is 1. The number of nitrogens with one attached hydrogen (secondary N) is 1. The maximum absolute atomic E-state index is 12.4. The van der Waals surface area contributed by atoms with E-state index in [1.54, 1.807) is 12.1 Å². The van der Waals surface area contributed by atoms with Crippen molar-refractivity contribution >= 4 is 15.7 Å². The molecule has 0 fully saturated rings. The Labute approximate surface area is 159 Å². The minimum Gasteiger partial charge on any atom is -0.355 e. The monoisotopic (exact) mass is 382 g/mol. The number of rotatable bonds is 9. The van der Waals surface area contributed by atoms with Crippen molar-refractivity contribution in [1.82, 2.24) is 10.2 Å². The molecule has 0 aliphatic rings. The van der Waals surface area contributed by atoms with Gasteiger partial charge in [0.15, 0.2) is 9.84 Å². The summed E-state index contributed by atoms with van der Waals surface area (Å²) in [5.41, 5.74) is 1.06. The molecule has 0 aliphatic carbocycles. The Morgan fingerprint density at radius 1 is 1.12 bits per heavy atom. The van der Waals surface area contributed by atoms with E-state index >= 15 is 0 Å². The summed E-state index contributed by atoms with van der Waals surface area (Å²) in [5.74, 6) is -0.397. The van der Waals surface area contributed by atoms with Gasteiger partial charge >= 0.3 is 0 Å². The molecule has 1 aromatic rings. The van der Waals surface area contributed by atoms with Crippen molar-refractivity contribution in [1.29, 1.82) is 0 Å². The molecule has 26 heavy (non-hydrogen) atoms. The van der Waals surface area contributed by atoms with Gasteiger partial charge in [0.1, 0.15) is 0 Å². The first-order valence-electron chi connectivity index (χ1n) is 9.35. The van der Waals surface area contributed by atoms with Crippen LogP contribution in [0.15, 0.2) is 29.2 Å². The van der Waals surface area contributed by atoms with Gasteiger partial charge in [0.25, 0.3) is 0 Å². The number of nitrogens with zero attached hydrogens (tertiary/aromatic N) is 1. The van der Waals surface area contributed by atoms with Gasteiger partial charge in [-0.2, -0.15) is 0 Å². The highest BCUT2D eigenvalue weighted by Crippen LogP contribution is 2.23. The zero-order chi connectivity index (χ0) is 20.0. The lowest BCUT2D eigenvalue weighted by Crippen LogP contribution is -2.42. The SMILES string of the molecule is CCN(CC)C(C)CNC(=O)CCS(=O)(=O)c1ccc(C(C)(C)C)cc1. The summed E-state index contributed by atoms with van der Waals surface area (Å²) in [4.78, 5) is 14.5. The van der Waals surface area contributed by atoms with Gasteiger partial charge in [0.2, 0.25) is 5.91 Å². The molecule has 1 amide bonds. The van der Waals surface area contributed by atoms with E-state index in [-0.39, 0.29) is 34.4 Å². The lowest BCUT2D eigenvalue weighted by Gasteiger charge is -2.26. The fraction of sp³-hybridized carbons (Fsp3) is 0.650. The molecule has 6 heteroatoms. The van der Waals surface area contributed by atoms with E-state index in [2.05, 4.69) is 51.8 Å². The molecule has 0 heterocycles. The van der Waals surface area contributed by atoms with E-state index in [0.717, 1.165) is 18.7 Å². The van der Waals surface area contributed by atoms with Crippen molar-refractivity contribution in [3.63, 3.8) is 0 Å². The third kappa shape index (κ3) is 6.72. The number of hydrogen-bond donors (Lipinski definition) is 1. The first kappa shape index (κ1) is 22.6. The summed E-state index contributed by atoms with van der Waals surface area (Å²) in [6.45, 7) is 14.8. The molecule has 0 aliphatic heterocycles. The lowest BCUT2D eigenvalue weighted by molar-refractivity contribution is -0.120. The smallest absolute Gasteiger partial charge is 0.221 e. The number of amides is 1. The van der Waals surface area contributed by atoms with Crippen LogP contribution in [-0.4, -0.2) is 50.7 Å². The van der Waals surface area contributed by atoms with Crippen LogP contribution in [0.2, 0.25) is 0 Å². The first-order chi connectivity index (χ1) is 12.0. The summed E-state index contributed by atoms with van der Waals surface area (Å²) in [6.07, 6.45) is -0.0195. The molecule has 1 aromatic carbocycles. The van der Waals surface area contributed by atoms with Crippen molar-refractivity contribution in [3.05, 3.63) is 29.8 Å². The molecule has 0 saturated carbocycles. The molecular formula is C20H34N2O3S. The van der Waals surface area contributed by atoms with Crippen LogP contribution in [0.3, 0.4) is 0 Å². The van der Waals surface area contributed by atoms with Crippen molar-refractivity contribution in [2.75, 3.05) is 25.4 Å². The molecular weight excluding hydrogens is 348 g/mol. The maximum atomic E-state index is 12.4. The molecule has 0 bridgehead atoms. The quantitative estimate of drug-likeness (QED) is 0.713. The highest BCUT2D eigenvalue weighted by atomic mass is 32.2. The van der Waals surface area contributed by atoms with Crippen molar-refractivity contribution in [2.45, 2.75) is 64.3 Å². The zero-order valence-corrected chi connectivity index (χ0v) is 17.8. The summed E-state index contributed by atoms with van der Waals surface area (Å²) in [5, 5.41) is 2.84. The van der Waals surface area contributed by atoms with Crippen molar-refractivity contribution < 1.29 is 13.2 Å². The average molecular weight is 383 g/mol. The van der Waals surface area contributed by atoms with Crippen LogP contribution in [0.4, 0.5) is 0 Å². The van der Waals surface area contributed by atoms with E-state index in [9.17, 15) is 13.2 Å². The minimum absolute atomic E-state index is 0.0195. The van der Waals surface area contributed by atoms with Gasteiger partial charge < -0.3 is 5.32 Å². The first-order valence-corrected chi connectivity index (χ1v) is 11.0. The van der Waals surface area contributed by atoms with E-state index in [1.807, 2.05) is 12.1 Å². The van der Waals surface area contributed by atoms with Crippen molar-refractivity contribution in [2.24, 2.45) is 0 Å². The second kappa shape index (κ2) is 9.51. The number of benzene rings is 1. The number of hydrogen-bond acceptors (Lipinski definition) is 4. The largest absolute Gasteiger partial charge is 0.355 e.